The molecule has 1 aliphatic carbocycles. The van der Waals surface area contributed by atoms with E-state index >= 15 is 0 Å². The van der Waals surface area contributed by atoms with Gasteiger partial charge in [0.05, 0.1) is 16.9 Å². The number of hydrogen-bond donors (Lipinski definition) is 0. The molecule has 19 heavy (non-hydrogen) atoms. The van der Waals surface area contributed by atoms with Crippen LogP contribution in [0.25, 0.3) is 0 Å². The van der Waals surface area contributed by atoms with Crippen LogP contribution in [0.5, 0.6) is 0 Å². The Hall–Kier alpha value is -1.89. The molecule has 1 unspecified atom stereocenters. The Morgan fingerprint density at radius 2 is 1.95 bits per heavy atom. The first kappa shape index (κ1) is 13.5. The van der Waals surface area contributed by atoms with Crippen LogP contribution in [0.2, 0.25) is 0 Å². The van der Waals surface area contributed by atoms with Crippen LogP contribution in [0.4, 0.5) is 5.69 Å². The van der Waals surface area contributed by atoms with Crippen molar-refractivity contribution >= 4 is 5.69 Å². The van der Waals surface area contributed by atoms with Gasteiger partial charge >= 0.3 is 0 Å². The van der Waals surface area contributed by atoms with Gasteiger partial charge in [-0.05, 0) is 24.3 Å². The van der Waals surface area contributed by atoms with E-state index in [0.29, 0.717) is 5.92 Å². The predicted molar refractivity (Wildman–Crippen MR) is 72.6 cm³/mol. The first-order valence-electron chi connectivity index (χ1n) is 6.86. The van der Waals surface area contributed by atoms with Crippen molar-refractivity contribution in [2.24, 2.45) is 5.92 Å². The molecular formula is C15H18N2O2. The minimum atomic E-state index is -0.398. The zero-order chi connectivity index (χ0) is 13.7. The van der Waals surface area contributed by atoms with E-state index in [1.807, 2.05) is 6.07 Å². The molecule has 0 amide bonds. The van der Waals surface area contributed by atoms with E-state index in [-0.39, 0.29) is 11.6 Å². The lowest BCUT2D eigenvalue weighted by molar-refractivity contribution is -0.384. The van der Waals surface area contributed by atoms with Crippen LogP contribution >= 0.6 is 0 Å². The molecule has 1 aromatic carbocycles. The second kappa shape index (κ2) is 6.33. The van der Waals surface area contributed by atoms with Crippen molar-refractivity contribution in [1.82, 2.24) is 0 Å². The summed E-state index contributed by atoms with van der Waals surface area (Å²) < 4.78 is 0. The molecule has 4 heteroatoms. The number of nitro benzene ring substituents is 1. The number of nitrogens with zero attached hydrogens (tertiary/aromatic N) is 2. The van der Waals surface area contributed by atoms with E-state index in [1.165, 1.54) is 18.9 Å². The molecule has 0 radical (unpaired) electrons. The fraction of sp³-hybridized carbons (Fsp3) is 0.533. The Morgan fingerprint density at radius 1 is 1.26 bits per heavy atom. The average molecular weight is 258 g/mol. The fourth-order valence-electron chi connectivity index (χ4n) is 2.93. The summed E-state index contributed by atoms with van der Waals surface area (Å²) in [5.74, 6) is 0.132. The smallest absolute Gasteiger partial charge is 0.258 e. The molecular weight excluding hydrogens is 240 g/mol. The second-order valence-electron chi connectivity index (χ2n) is 5.21. The van der Waals surface area contributed by atoms with Gasteiger partial charge in [0.1, 0.15) is 0 Å². The van der Waals surface area contributed by atoms with E-state index in [0.717, 1.165) is 31.2 Å². The molecule has 0 N–H and O–H groups in total. The van der Waals surface area contributed by atoms with Crippen LogP contribution in [0.3, 0.4) is 0 Å². The maximum Gasteiger partial charge on any atom is 0.269 e. The highest BCUT2D eigenvalue weighted by molar-refractivity contribution is 5.38. The van der Waals surface area contributed by atoms with Gasteiger partial charge in [0.15, 0.2) is 0 Å². The molecule has 0 bridgehead atoms. The van der Waals surface area contributed by atoms with Crippen molar-refractivity contribution in [3.63, 3.8) is 0 Å². The Bertz CT molecular complexity index is 485. The van der Waals surface area contributed by atoms with Gasteiger partial charge in [-0.1, -0.05) is 37.8 Å². The lowest BCUT2D eigenvalue weighted by Crippen LogP contribution is -2.11. The minimum absolute atomic E-state index is 0.0753. The topological polar surface area (TPSA) is 66.9 Å². The highest BCUT2D eigenvalue weighted by Gasteiger charge is 2.25. The summed E-state index contributed by atoms with van der Waals surface area (Å²) >= 11 is 0. The van der Waals surface area contributed by atoms with Crippen molar-refractivity contribution in [2.45, 2.75) is 44.4 Å². The summed E-state index contributed by atoms with van der Waals surface area (Å²) in [6.45, 7) is 0. The van der Waals surface area contributed by atoms with Gasteiger partial charge in [0.2, 0.25) is 0 Å². The summed E-state index contributed by atoms with van der Waals surface area (Å²) in [5, 5.41) is 20.3. The monoisotopic (exact) mass is 258 g/mol. The van der Waals surface area contributed by atoms with Crippen molar-refractivity contribution in [2.75, 3.05) is 0 Å². The summed E-state index contributed by atoms with van der Waals surface area (Å²) in [5.41, 5.74) is 0.870. The van der Waals surface area contributed by atoms with Crippen LogP contribution in [-0.4, -0.2) is 4.92 Å². The Morgan fingerprint density at radius 3 is 2.53 bits per heavy atom. The summed E-state index contributed by atoms with van der Waals surface area (Å²) in [7, 11) is 0. The first-order valence-corrected chi connectivity index (χ1v) is 6.86. The Kier molecular flexibility index (Phi) is 4.51. The number of rotatable bonds is 3. The molecule has 0 saturated heterocycles. The Labute approximate surface area is 113 Å². The summed E-state index contributed by atoms with van der Waals surface area (Å²) in [4.78, 5) is 10.4. The van der Waals surface area contributed by atoms with Gasteiger partial charge in [-0.25, -0.2) is 0 Å². The molecule has 1 aliphatic rings. The van der Waals surface area contributed by atoms with Crippen LogP contribution in [0.1, 0.15) is 50.0 Å². The number of hydrogen-bond acceptors (Lipinski definition) is 3. The molecule has 0 aromatic heterocycles. The minimum Gasteiger partial charge on any atom is -0.258 e. The van der Waals surface area contributed by atoms with Crippen molar-refractivity contribution in [3.05, 3.63) is 39.9 Å². The van der Waals surface area contributed by atoms with Crippen LogP contribution in [0.15, 0.2) is 24.3 Å². The quantitative estimate of drug-likeness (QED) is 0.464. The Balaban J connectivity index is 2.23. The van der Waals surface area contributed by atoms with Gasteiger partial charge in [0, 0.05) is 12.1 Å². The molecule has 2 rings (SSSR count). The van der Waals surface area contributed by atoms with Gasteiger partial charge < -0.3 is 0 Å². The molecule has 1 fully saturated rings. The standard InChI is InChI=1S/C15H18N2O2/c16-11-15(12-6-3-1-2-4-7-12)13-8-5-9-14(10-13)17(18)19/h5,8-10,12,15H,1-4,6-7H2. The maximum absolute atomic E-state index is 10.8. The van der Waals surface area contributed by atoms with E-state index in [9.17, 15) is 15.4 Å². The summed E-state index contributed by atoms with van der Waals surface area (Å²) in [6, 6.07) is 8.91. The van der Waals surface area contributed by atoms with Crippen LogP contribution in [0, 0.1) is 27.4 Å². The zero-order valence-corrected chi connectivity index (χ0v) is 10.9. The molecule has 1 atom stereocenters. The van der Waals surface area contributed by atoms with Crippen LogP contribution in [-0.2, 0) is 0 Å². The number of non-ortho nitro benzene ring substituents is 1. The molecule has 0 spiro atoms. The normalized spacial score (nSPS) is 18.3. The first-order chi connectivity index (χ1) is 9.22. The summed E-state index contributed by atoms with van der Waals surface area (Å²) in [6.07, 6.45) is 6.92. The average Bonchev–Trinajstić information content (AvgIpc) is 2.69. The van der Waals surface area contributed by atoms with E-state index < -0.39 is 4.92 Å². The van der Waals surface area contributed by atoms with Gasteiger partial charge in [0.25, 0.3) is 5.69 Å². The lowest BCUT2D eigenvalue weighted by atomic mass is 9.82. The molecule has 100 valence electrons. The molecule has 4 nitrogen and oxygen atoms in total. The second-order valence-corrected chi connectivity index (χ2v) is 5.21. The maximum atomic E-state index is 10.8. The van der Waals surface area contributed by atoms with E-state index in [1.54, 1.807) is 12.1 Å². The van der Waals surface area contributed by atoms with E-state index in [2.05, 4.69) is 6.07 Å². The van der Waals surface area contributed by atoms with Crippen molar-refractivity contribution in [1.29, 1.82) is 5.26 Å². The number of benzene rings is 1. The molecule has 0 aliphatic heterocycles. The molecule has 1 saturated carbocycles. The van der Waals surface area contributed by atoms with Crippen LogP contribution < -0.4 is 0 Å². The lowest BCUT2D eigenvalue weighted by Gasteiger charge is -2.20. The van der Waals surface area contributed by atoms with Crippen molar-refractivity contribution in [3.8, 4) is 6.07 Å². The number of nitro groups is 1. The van der Waals surface area contributed by atoms with Gasteiger partial charge in [-0.15, -0.1) is 0 Å². The van der Waals surface area contributed by atoms with Gasteiger partial charge in [-0.2, -0.15) is 5.26 Å². The third kappa shape index (κ3) is 3.31. The zero-order valence-electron chi connectivity index (χ0n) is 10.9. The number of nitriles is 1. The highest BCUT2D eigenvalue weighted by Crippen LogP contribution is 2.35. The molecule has 1 aromatic rings. The van der Waals surface area contributed by atoms with E-state index in [4.69, 9.17) is 0 Å². The largest absolute Gasteiger partial charge is 0.269 e. The van der Waals surface area contributed by atoms with Gasteiger partial charge in [-0.3, -0.25) is 10.1 Å². The third-order valence-corrected chi connectivity index (χ3v) is 3.95. The third-order valence-electron chi connectivity index (χ3n) is 3.95. The molecule has 0 heterocycles. The highest BCUT2D eigenvalue weighted by atomic mass is 16.6. The predicted octanol–water partition coefficient (Wildman–Crippen LogP) is 4.17. The SMILES string of the molecule is N#CC(c1cccc([N+](=O)[O-])c1)C1CCCCCC1. The fourth-order valence-corrected chi connectivity index (χ4v) is 2.93. The van der Waals surface area contributed by atoms with Crippen molar-refractivity contribution < 1.29 is 4.92 Å².